The van der Waals surface area contributed by atoms with Gasteiger partial charge in [0.25, 0.3) is 0 Å². The SMILES string of the molecule is O=C1C[C@H](CNc2cc(N3CCC(O)CC3)ncn2)CN1C1CCCC1. The molecular weight excluding hydrogens is 330 g/mol. The summed E-state index contributed by atoms with van der Waals surface area (Å²) >= 11 is 0. The monoisotopic (exact) mass is 359 g/mol. The summed E-state index contributed by atoms with van der Waals surface area (Å²) in [5.74, 6) is 2.39. The van der Waals surface area contributed by atoms with Crippen molar-refractivity contribution in [3.05, 3.63) is 12.4 Å². The van der Waals surface area contributed by atoms with E-state index >= 15 is 0 Å². The maximum atomic E-state index is 12.3. The molecule has 1 aliphatic carbocycles. The molecule has 0 bridgehead atoms. The highest BCUT2D eigenvalue weighted by Gasteiger charge is 2.35. The number of carbonyl (C=O) groups excluding carboxylic acids is 1. The number of piperidine rings is 1. The molecule has 0 spiro atoms. The molecule has 2 N–H and O–H groups in total. The lowest BCUT2D eigenvalue weighted by molar-refractivity contribution is -0.129. The van der Waals surface area contributed by atoms with Crippen LogP contribution in [0.2, 0.25) is 0 Å². The Morgan fingerprint density at radius 3 is 2.69 bits per heavy atom. The zero-order chi connectivity index (χ0) is 17.9. The first kappa shape index (κ1) is 17.5. The molecule has 2 saturated heterocycles. The Hall–Kier alpha value is -1.89. The highest BCUT2D eigenvalue weighted by molar-refractivity contribution is 5.79. The van der Waals surface area contributed by atoms with Gasteiger partial charge in [-0.05, 0) is 25.7 Å². The number of aromatic nitrogens is 2. The fourth-order valence-corrected chi connectivity index (χ4v) is 4.47. The van der Waals surface area contributed by atoms with Gasteiger partial charge in [0.15, 0.2) is 0 Å². The first-order chi connectivity index (χ1) is 12.7. The van der Waals surface area contributed by atoms with Crippen LogP contribution in [0.1, 0.15) is 44.9 Å². The molecule has 0 radical (unpaired) electrons. The topological polar surface area (TPSA) is 81.6 Å². The van der Waals surface area contributed by atoms with E-state index in [0.717, 1.165) is 50.7 Å². The number of nitrogens with one attached hydrogen (secondary N) is 1. The molecule has 0 unspecified atom stereocenters. The zero-order valence-electron chi connectivity index (χ0n) is 15.3. The molecule has 4 rings (SSSR count). The summed E-state index contributed by atoms with van der Waals surface area (Å²) in [4.78, 5) is 25.3. The minimum atomic E-state index is -0.187. The van der Waals surface area contributed by atoms with Gasteiger partial charge in [0.05, 0.1) is 6.10 Å². The molecule has 3 aliphatic rings. The second-order valence-corrected chi connectivity index (χ2v) is 7.92. The molecule has 7 nitrogen and oxygen atoms in total. The first-order valence-corrected chi connectivity index (χ1v) is 9.97. The second-order valence-electron chi connectivity index (χ2n) is 7.92. The summed E-state index contributed by atoms with van der Waals surface area (Å²) in [5, 5.41) is 13.1. The Morgan fingerprint density at radius 2 is 1.92 bits per heavy atom. The van der Waals surface area contributed by atoms with Gasteiger partial charge in [-0.15, -0.1) is 0 Å². The van der Waals surface area contributed by atoms with E-state index in [-0.39, 0.29) is 6.10 Å². The number of amides is 1. The Balaban J connectivity index is 1.31. The van der Waals surface area contributed by atoms with Crippen LogP contribution in [0.4, 0.5) is 11.6 Å². The van der Waals surface area contributed by atoms with Crippen LogP contribution in [0.25, 0.3) is 0 Å². The van der Waals surface area contributed by atoms with Crippen molar-refractivity contribution in [3.8, 4) is 0 Å². The van der Waals surface area contributed by atoms with Crippen molar-refractivity contribution >= 4 is 17.5 Å². The van der Waals surface area contributed by atoms with E-state index in [0.29, 0.717) is 24.3 Å². The van der Waals surface area contributed by atoms with E-state index in [1.165, 1.54) is 25.7 Å². The summed E-state index contributed by atoms with van der Waals surface area (Å²) in [6, 6.07) is 2.45. The Labute approximate surface area is 154 Å². The maximum absolute atomic E-state index is 12.3. The van der Waals surface area contributed by atoms with Crippen LogP contribution in [-0.4, -0.2) is 64.2 Å². The van der Waals surface area contributed by atoms with Crippen LogP contribution >= 0.6 is 0 Å². The number of anilines is 2. The van der Waals surface area contributed by atoms with Crippen LogP contribution in [0, 0.1) is 5.92 Å². The molecule has 0 aromatic carbocycles. The summed E-state index contributed by atoms with van der Waals surface area (Å²) in [5.41, 5.74) is 0. The van der Waals surface area contributed by atoms with Crippen LogP contribution < -0.4 is 10.2 Å². The highest BCUT2D eigenvalue weighted by Crippen LogP contribution is 2.29. The standard InChI is InChI=1S/C19H29N5O2/c25-16-5-7-23(8-6-16)18-10-17(21-13-22-18)20-11-14-9-19(26)24(12-14)15-3-1-2-4-15/h10,13-16,25H,1-9,11-12H2,(H,20,21,22)/t14-/m1/s1. The molecule has 1 atom stereocenters. The van der Waals surface area contributed by atoms with Gasteiger partial charge >= 0.3 is 0 Å². The molecule has 3 heterocycles. The maximum Gasteiger partial charge on any atom is 0.223 e. The third kappa shape index (κ3) is 3.92. The van der Waals surface area contributed by atoms with Crippen LogP contribution in [0.5, 0.6) is 0 Å². The Bertz CT molecular complexity index is 626. The van der Waals surface area contributed by atoms with Crippen molar-refractivity contribution in [2.75, 3.05) is 36.4 Å². The molecule has 26 heavy (non-hydrogen) atoms. The Kier molecular flexibility index (Phi) is 5.24. The van der Waals surface area contributed by atoms with Gasteiger partial charge < -0.3 is 20.2 Å². The summed E-state index contributed by atoms with van der Waals surface area (Å²) in [6.45, 7) is 3.29. The van der Waals surface area contributed by atoms with Crippen molar-refractivity contribution in [3.63, 3.8) is 0 Å². The van der Waals surface area contributed by atoms with Crippen molar-refractivity contribution in [2.45, 2.75) is 57.1 Å². The number of hydrogen-bond donors (Lipinski definition) is 2. The number of rotatable bonds is 5. The van der Waals surface area contributed by atoms with Crippen LogP contribution in [0.3, 0.4) is 0 Å². The van der Waals surface area contributed by atoms with Gasteiger partial charge in [-0.3, -0.25) is 4.79 Å². The zero-order valence-corrected chi connectivity index (χ0v) is 15.3. The highest BCUT2D eigenvalue weighted by atomic mass is 16.3. The van der Waals surface area contributed by atoms with E-state index in [2.05, 4.69) is 25.1 Å². The predicted octanol–water partition coefficient (Wildman–Crippen LogP) is 1.64. The average molecular weight is 359 g/mol. The molecule has 1 amide bonds. The number of aliphatic hydroxyl groups is 1. The number of aliphatic hydroxyl groups excluding tert-OH is 1. The van der Waals surface area contributed by atoms with E-state index in [1.807, 2.05) is 6.07 Å². The molecule has 7 heteroatoms. The predicted molar refractivity (Wildman–Crippen MR) is 100 cm³/mol. The van der Waals surface area contributed by atoms with Gasteiger partial charge in [-0.1, -0.05) is 12.8 Å². The quantitative estimate of drug-likeness (QED) is 0.832. The molecule has 142 valence electrons. The van der Waals surface area contributed by atoms with Crippen LogP contribution in [0.15, 0.2) is 12.4 Å². The Morgan fingerprint density at radius 1 is 1.15 bits per heavy atom. The van der Waals surface area contributed by atoms with E-state index < -0.39 is 0 Å². The van der Waals surface area contributed by atoms with Crippen LogP contribution in [-0.2, 0) is 4.79 Å². The normalized spacial score (nSPS) is 25.3. The van der Waals surface area contributed by atoms with Crippen molar-refractivity contribution in [1.82, 2.24) is 14.9 Å². The fraction of sp³-hybridized carbons (Fsp3) is 0.737. The second kappa shape index (κ2) is 7.78. The number of likely N-dealkylation sites (tertiary alicyclic amines) is 1. The van der Waals surface area contributed by atoms with Crippen molar-refractivity contribution < 1.29 is 9.90 Å². The number of hydrogen-bond acceptors (Lipinski definition) is 6. The largest absolute Gasteiger partial charge is 0.393 e. The van der Waals surface area contributed by atoms with Gasteiger partial charge in [0.2, 0.25) is 5.91 Å². The van der Waals surface area contributed by atoms with E-state index in [4.69, 9.17) is 0 Å². The average Bonchev–Trinajstić information content (AvgIpc) is 3.30. The smallest absolute Gasteiger partial charge is 0.223 e. The molecular formula is C19H29N5O2. The summed E-state index contributed by atoms with van der Waals surface area (Å²) in [7, 11) is 0. The molecule has 3 fully saturated rings. The lowest BCUT2D eigenvalue weighted by Crippen LogP contribution is -2.36. The number of carbonyl (C=O) groups is 1. The third-order valence-electron chi connectivity index (χ3n) is 6.02. The van der Waals surface area contributed by atoms with E-state index in [1.54, 1.807) is 6.33 Å². The fourth-order valence-electron chi connectivity index (χ4n) is 4.47. The van der Waals surface area contributed by atoms with Crippen molar-refractivity contribution in [2.24, 2.45) is 5.92 Å². The lowest BCUT2D eigenvalue weighted by atomic mass is 10.1. The summed E-state index contributed by atoms with van der Waals surface area (Å²) < 4.78 is 0. The summed E-state index contributed by atoms with van der Waals surface area (Å²) in [6.07, 6.45) is 8.48. The third-order valence-corrected chi connectivity index (χ3v) is 6.02. The molecule has 1 saturated carbocycles. The minimum Gasteiger partial charge on any atom is -0.393 e. The number of nitrogens with zero attached hydrogens (tertiary/aromatic N) is 4. The van der Waals surface area contributed by atoms with Gasteiger partial charge in [0, 0.05) is 50.6 Å². The van der Waals surface area contributed by atoms with Crippen molar-refractivity contribution in [1.29, 1.82) is 0 Å². The molecule has 1 aromatic heterocycles. The molecule has 2 aliphatic heterocycles. The first-order valence-electron chi connectivity index (χ1n) is 9.97. The lowest BCUT2D eigenvalue weighted by Gasteiger charge is -2.30. The van der Waals surface area contributed by atoms with Gasteiger partial charge in [-0.2, -0.15) is 0 Å². The van der Waals surface area contributed by atoms with Gasteiger partial charge in [-0.25, -0.2) is 9.97 Å². The van der Waals surface area contributed by atoms with E-state index in [9.17, 15) is 9.90 Å². The minimum absolute atomic E-state index is 0.187. The molecule has 1 aromatic rings. The van der Waals surface area contributed by atoms with Gasteiger partial charge in [0.1, 0.15) is 18.0 Å².